The Bertz CT molecular complexity index is 993. The molecule has 2 aromatic rings. The summed E-state index contributed by atoms with van der Waals surface area (Å²) in [6, 6.07) is 6.04. The second-order valence-corrected chi connectivity index (χ2v) is 6.98. The van der Waals surface area contributed by atoms with E-state index < -0.39 is 16.7 Å². The second-order valence-electron chi connectivity index (χ2n) is 5.96. The van der Waals surface area contributed by atoms with Gasteiger partial charge in [-0.2, -0.15) is 0 Å². The Kier molecular flexibility index (Phi) is 4.25. The molecule has 0 spiro atoms. The summed E-state index contributed by atoms with van der Waals surface area (Å²) in [4.78, 5) is 34.8. The minimum atomic E-state index is -0.663. The summed E-state index contributed by atoms with van der Waals surface area (Å²) in [5.74, 6) is -1.47. The van der Waals surface area contributed by atoms with Gasteiger partial charge in [0.25, 0.3) is 11.6 Å². The molecule has 1 aromatic heterocycles. The summed E-state index contributed by atoms with van der Waals surface area (Å²) in [6.45, 7) is 3.16. The van der Waals surface area contributed by atoms with Crippen molar-refractivity contribution in [3.63, 3.8) is 0 Å². The molecule has 0 bridgehead atoms. The fraction of sp³-hybridized carbons (Fsp3) is 0.176. The number of nitrogen functional groups attached to an aromatic ring is 1. The lowest BCUT2D eigenvalue weighted by molar-refractivity contribution is -0.384. The van der Waals surface area contributed by atoms with Crippen LogP contribution in [0.3, 0.4) is 0 Å². The van der Waals surface area contributed by atoms with Gasteiger partial charge in [-0.05, 0) is 19.4 Å². The van der Waals surface area contributed by atoms with Crippen molar-refractivity contribution >= 4 is 39.4 Å². The van der Waals surface area contributed by atoms with Crippen LogP contribution in [0, 0.1) is 10.1 Å². The number of thiophene rings is 1. The number of carbonyl (C=O) groups is 2. The van der Waals surface area contributed by atoms with Crippen LogP contribution in [-0.2, 0) is 4.79 Å². The molecule has 1 unspecified atom stereocenters. The van der Waals surface area contributed by atoms with E-state index in [1.165, 1.54) is 19.1 Å². The van der Waals surface area contributed by atoms with Gasteiger partial charge in [0.15, 0.2) is 5.78 Å². The lowest BCUT2D eigenvalue weighted by Gasteiger charge is -2.28. The predicted molar refractivity (Wildman–Crippen MR) is 99.2 cm³/mol. The van der Waals surface area contributed by atoms with Crippen molar-refractivity contribution in [3.05, 3.63) is 61.7 Å². The number of Topliss-reactive ketones (excluding diaryl/α,β-unsaturated/α-hetero) is 1. The van der Waals surface area contributed by atoms with Crippen LogP contribution in [0.25, 0.3) is 0 Å². The molecule has 3 rings (SSSR count). The Balaban J connectivity index is 2.30. The van der Waals surface area contributed by atoms with Crippen molar-refractivity contribution in [3.8, 4) is 0 Å². The van der Waals surface area contributed by atoms with Crippen LogP contribution >= 0.6 is 11.3 Å². The summed E-state index contributed by atoms with van der Waals surface area (Å²) in [6.07, 6.45) is 0. The Hall–Kier alpha value is -3.20. The molecule has 0 saturated carbocycles. The Morgan fingerprint density at radius 2 is 2.04 bits per heavy atom. The van der Waals surface area contributed by atoms with Gasteiger partial charge in [0.05, 0.1) is 15.6 Å². The molecule has 1 aliphatic rings. The first kappa shape index (κ1) is 17.6. The van der Waals surface area contributed by atoms with Crippen molar-refractivity contribution in [2.75, 3.05) is 11.1 Å². The molecule has 9 heteroatoms. The van der Waals surface area contributed by atoms with Gasteiger partial charge >= 0.3 is 0 Å². The fourth-order valence-corrected chi connectivity index (χ4v) is 4.30. The number of ketones is 1. The summed E-state index contributed by atoms with van der Waals surface area (Å²) in [7, 11) is 0. The van der Waals surface area contributed by atoms with Gasteiger partial charge in [-0.1, -0.05) is 12.1 Å². The minimum Gasteiger partial charge on any atom is -0.397 e. The van der Waals surface area contributed by atoms with Crippen LogP contribution in [0.1, 0.15) is 40.6 Å². The zero-order valence-electron chi connectivity index (χ0n) is 14.0. The number of hydrogen-bond acceptors (Lipinski definition) is 7. The number of primary amides is 1. The first-order valence-corrected chi connectivity index (χ1v) is 8.49. The standard InChI is InChI=1S/C17H16N4O4S/c1-7-11(8(2)22)12(9-4-3-5-10(6-9)21(24)25)13-14(18)15(16(19)23)26-17(13)20-7/h3-6,12,20H,18H2,1-2H3,(H2,19,23). The monoisotopic (exact) mass is 372 g/mol. The Morgan fingerprint density at radius 1 is 1.35 bits per heavy atom. The molecular formula is C17H16N4O4S. The number of nitrogens with zero attached hydrogens (tertiary/aromatic N) is 1. The maximum atomic E-state index is 12.3. The highest BCUT2D eigenvalue weighted by atomic mass is 32.1. The third kappa shape index (κ3) is 2.72. The van der Waals surface area contributed by atoms with Crippen LogP contribution in [0.5, 0.6) is 0 Å². The molecule has 0 saturated heterocycles. The van der Waals surface area contributed by atoms with Crippen LogP contribution in [0.4, 0.5) is 16.4 Å². The number of hydrogen-bond donors (Lipinski definition) is 3. The van der Waals surface area contributed by atoms with E-state index in [0.29, 0.717) is 27.4 Å². The molecule has 0 aliphatic carbocycles. The molecular weight excluding hydrogens is 356 g/mol. The zero-order valence-corrected chi connectivity index (χ0v) is 14.8. The van der Waals surface area contributed by atoms with Crippen molar-refractivity contribution in [2.24, 2.45) is 5.73 Å². The van der Waals surface area contributed by atoms with E-state index in [2.05, 4.69) is 5.32 Å². The van der Waals surface area contributed by atoms with E-state index in [4.69, 9.17) is 11.5 Å². The van der Waals surface area contributed by atoms with E-state index in [0.717, 1.165) is 11.3 Å². The van der Waals surface area contributed by atoms with Gasteiger partial charge in [0, 0.05) is 34.9 Å². The molecule has 1 amide bonds. The van der Waals surface area contributed by atoms with Gasteiger partial charge in [-0.25, -0.2) is 0 Å². The van der Waals surface area contributed by atoms with E-state index in [9.17, 15) is 19.7 Å². The molecule has 1 aromatic carbocycles. The maximum Gasteiger partial charge on any atom is 0.269 e. The molecule has 8 nitrogen and oxygen atoms in total. The van der Waals surface area contributed by atoms with Crippen LogP contribution in [0.2, 0.25) is 0 Å². The van der Waals surface area contributed by atoms with Crippen LogP contribution in [0.15, 0.2) is 35.5 Å². The lowest BCUT2D eigenvalue weighted by Crippen LogP contribution is -2.21. The Labute approximate surface area is 152 Å². The van der Waals surface area contributed by atoms with Crippen molar-refractivity contribution in [1.29, 1.82) is 0 Å². The lowest BCUT2D eigenvalue weighted by atomic mass is 9.80. The largest absolute Gasteiger partial charge is 0.397 e. The number of fused-ring (bicyclic) bond motifs is 1. The van der Waals surface area contributed by atoms with Gasteiger partial charge in [0.2, 0.25) is 0 Å². The summed E-state index contributed by atoms with van der Waals surface area (Å²) in [5.41, 5.74) is 13.8. The number of nitrogens with two attached hydrogens (primary N) is 2. The Morgan fingerprint density at radius 3 is 2.62 bits per heavy atom. The number of nitrogens with one attached hydrogen (secondary N) is 1. The van der Waals surface area contributed by atoms with E-state index in [-0.39, 0.29) is 22.0 Å². The van der Waals surface area contributed by atoms with E-state index in [1.54, 1.807) is 19.1 Å². The number of amides is 1. The smallest absolute Gasteiger partial charge is 0.269 e. The first-order chi connectivity index (χ1) is 12.2. The zero-order chi connectivity index (χ0) is 19.2. The first-order valence-electron chi connectivity index (χ1n) is 7.67. The molecule has 26 heavy (non-hydrogen) atoms. The third-order valence-corrected chi connectivity index (χ3v) is 5.43. The fourth-order valence-electron chi connectivity index (χ4n) is 3.24. The van der Waals surface area contributed by atoms with Crippen molar-refractivity contribution < 1.29 is 14.5 Å². The second kappa shape index (κ2) is 6.26. The van der Waals surface area contributed by atoms with Gasteiger partial charge in [0.1, 0.15) is 4.88 Å². The third-order valence-electron chi connectivity index (χ3n) is 4.28. The number of nitro benzene ring substituents is 1. The van der Waals surface area contributed by atoms with Gasteiger partial charge in [-0.15, -0.1) is 11.3 Å². The van der Waals surface area contributed by atoms with Gasteiger partial charge in [-0.3, -0.25) is 19.7 Å². The molecule has 1 atom stereocenters. The normalized spacial score (nSPS) is 16.0. The molecule has 0 fully saturated rings. The number of anilines is 2. The van der Waals surface area contributed by atoms with Crippen molar-refractivity contribution in [1.82, 2.24) is 0 Å². The average Bonchev–Trinajstić information content (AvgIpc) is 2.90. The number of nitro groups is 1. The molecule has 134 valence electrons. The number of rotatable bonds is 4. The molecule has 0 radical (unpaired) electrons. The number of carbonyl (C=O) groups excluding carboxylic acids is 2. The summed E-state index contributed by atoms with van der Waals surface area (Å²) < 4.78 is 0. The van der Waals surface area contributed by atoms with Crippen LogP contribution in [-0.4, -0.2) is 16.6 Å². The van der Waals surface area contributed by atoms with Crippen molar-refractivity contribution in [2.45, 2.75) is 19.8 Å². The molecule has 1 aliphatic heterocycles. The maximum absolute atomic E-state index is 12.3. The highest BCUT2D eigenvalue weighted by Gasteiger charge is 2.36. The molecule has 2 heterocycles. The van der Waals surface area contributed by atoms with E-state index in [1.807, 2.05) is 0 Å². The molecule has 5 N–H and O–H groups in total. The highest BCUT2D eigenvalue weighted by molar-refractivity contribution is 7.19. The predicted octanol–water partition coefficient (Wildman–Crippen LogP) is 2.76. The topological polar surface area (TPSA) is 141 Å². The number of allylic oxidation sites excluding steroid dienone is 2. The number of benzene rings is 1. The number of non-ortho nitro benzene ring substituents is 1. The quantitative estimate of drug-likeness (QED) is 0.556. The highest BCUT2D eigenvalue weighted by Crippen LogP contribution is 2.50. The van der Waals surface area contributed by atoms with Gasteiger partial charge < -0.3 is 16.8 Å². The summed E-state index contributed by atoms with van der Waals surface area (Å²) >= 11 is 1.11. The van der Waals surface area contributed by atoms with Crippen LogP contribution < -0.4 is 16.8 Å². The van der Waals surface area contributed by atoms with E-state index >= 15 is 0 Å². The SMILES string of the molecule is CC(=O)C1=C(C)Nc2sc(C(N)=O)c(N)c2C1c1cccc([N+](=O)[O-])c1. The minimum absolute atomic E-state index is 0.0907. The summed E-state index contributed by atoms with van der Waals surface area (Å²) in [5, 5.41) is 14.9. The average molecular weight is 372 g/mol.